The van der Waals surface area contributed by atoms with E-state index in [0.717, 1.165) is 5.56 Å². The Balaban J connectivity index is 0.000000218. The highest BCUT2D eigenvalue weighted by molar-refractivity contribution is 6.18. The maximum Gasteiger partial charge on any atom is 0.115 e. The second-order valence-electron chi connectivity index (χ2n) is 4.25. The standard InChI is InChI=1S/C10H12Cl2.C6H6O/c1-7-3-4-9(5-11)10(6-12)8(7)2;7-6-4-2-1-3-5-6/h3-4H,5-6H2,1-2H3;1-5,7H. The molecule has 0 amide bonds. The predicted molar refractivity (Wildman–Crippen MR) is 83.1 cm³/mol. The molecule has 3 heteroatoms. The molecule has 0 fully saturated rings. The van der Waals surface area contributed by atoms with E-state index in [-0.39, 0.29) is 0 Å². The van der Waals surface area contributed by atoms with Gasteiger partial charge in [-0.3, -0.25) is 0 Å². The fraction of sp³-hybridized carbons (Fsp3) is 0.250. The molecule has 0 saturated heterocycles. The zero-order valence-corrected chi connectivity index (χ0v) is 12.7. The van der Waals surface area contributed by atoms with Gasteiger partial charge in [0.15, 0.2) is 0 Å². The average molecular weight is 297 g/mol. The minimum Gasteiger partial charge on any atom is -0.508 e. The molecular weight excluding hydrogens is 279 g/mol. The molecule has 102 valence electrons. The van der Waals surface area contributed by atoms with Crippen molar-refractivity contribution in [2.45, 2.75) is 25.6 Å². The van der Waals surface area contributed by atoms with E-state index in [9.17, 15) is 0 Å². The molecule has 0 heterocycles. The molecule has 0 bridgehead atoms. The molecule has 0 radical (unpaired) electrons. The second kappa shape index (κ2) is 8.08. The van der Waals surface area contributed by atoms with Crippen LogP contribution in [0.3, 0.4) is 0 Å². The molecule has 2 aromatic carbocycles. The van der Waals surface area contributed by atoms with Crippen LogP contribution < -0.4 is 0 Å². The zero-order valence-electron chi connectivity index (χ0n) is 11.2. The van der Waals surface area contributed by atoms with Gasteiger partial charge in [0.1, 0.15) is 5.75 Å². The van der Waals surface area contributed by atoms with E-state index in [0.29, 0.717) is 17.5 Å². The summed E-state index contributed by atoms with van der Waals surface area (Å²) in [5.74, 6) is 1.42. The summed E-state index contributed by atoms with van der Waals surface area (Å²) in [6, 6.07) is 12.8. The van der Waals surface area contributed by atoms with Crippen LogP contribution in [0.5, 0.6) is 5.75 Å². The summed E-state index contributed by atoms with van der Waals surface area (Å²) >= 11 is 11.6. The van der Waals surface area contributed by atoms with Crippen LogP contribution in [0.25, 0.3) is 0 Å². The summed E-state index contributed by atoms with van der Waals surface area (Å²) in [7, 11) is 0. The Morgan fingerprint density at radius 1 is 0.895 bits per heavy atom. The van der Waals surface area contributed by atoms with Gasteiger partial charge in [0.05, 0.1) is 0 Å². The van der Waals surface area contributed by atoms with Crippen LogP contribution in [0.1, 0.15) is 22.3 Å². The highest BCUT2D eigenvalue weighted by Crippen LogP contribution is 2.21. The van der Waals surface area contributed by atoms with Crippen LogP contribution in [-0.4, -0.2) is 5.11 Å². The lowest BCUT2D eigenvalue weighted by atomic mass is 10.00. The fourth-order valence-electron chi connectivity index (χ4n) is 1.67. The van der Waals surface area contributed by atoms with Gasteiger partial charge in [-0.25, -0.2) is 0 Å². The number of para-hydroxylation sites is 1. The minimum absolute atomic E-state index is 0.322. The monoisotopic (exact) mass is 296 g/mol. The Morgan fingerprint density at radius 2 is 1.53 bits per heavy atom. The van der Waals surface area contributed by atoms with Crippen LogP contribution in [0, 0.1) is 13.8 Å². The Hall–Kier alpha value is -1.18. The number of aryl methyl sites for hydroxylation is 1. The maximum absolute atomic E-state index is 8.63. The first-order valence-electron chi connectivity index (χ1n) is 6.04. The van der Waals surface area contributed by atoms with Gasteiger partial charge in [-0.15, -0.1) is 23.2 Å². The number of phenols is 1. The van der Waals surface area contributed by atoms with Gasteiger partial charge < -0.3 is 5.11 Å². The number of halogens is 2. The molecule has 0 atom stereocenters. The smallest absolute Gasteiger partial charge is 0.115 e. The van der Waals surface area contributed by atoms with Crippen LogP contribution in [0.2, 0.25) is 0 Å². The van der Waals surface area contributed by atoms with Gasteiger partial charge in [0.2, 0.25) is 0 Å². The van der Waals surface area contributed by atoms with E-state index in [2.05, 4.69) is 19.9 Å². The lowest BCUT2D eigenvalue weighted by molar-refractivity contribution is 0.475. The Morgan fingerprint density at radius 3 is 1.95 bits per heavy atom. The van der Waals surface area contributed by atoms with Crippen molar-refractivity contribution in [1.82, 2.24) is 0 Å². The SMILES string of the molecule is Cc1ccc(CCl)c(CCl)c1C.Oc1ccccc1. The van der Waals surface area contributed by atoms with Gasteiger partial charge in [-0.2, -0.15) is 0 Å². The summed E-state index contributed by atoms with van der Waals surface area (Å²) in [4.78, 5) is 0. The number of aromatic hydroxyl groups is 1. The topological polar surface area (TPSA) is 20.2 Å². The Kier molecular flexibility index (Phi) is 6.75. The molecule has 2 rings (SSSR count). The quantitative estimate of drug-likeness (QED) is 0.758. The number of rotatable bonds is 2. The van der Waals surface area contributed by atoms with Crippen molar-refractivity contribution >= 4 is 23.2 Å². The van der Waals surface area contributed by atoms with E-state index >= 15 is 0 Å². The lowest BCUT2D eigenvalue weighted by Gasteiger charge is -2.09. The molecule has 1 N–H and O–H groups in total. The molecule has 0 spiro atoms. The first kappa shape index (κ1) is 15.9. The first-order valence-corrected chi connectivity index (χ1v) is 7.11. The Bertz CT molecular complexity index is 510. The summed E-state index contributed by atoms with van der Waals surface area (Å²) in [6.07, 6.45) is 0. The summed E-state index contributed by atoms with van der Waals surface area (Å²) in [6.45, 7) is 4.17. The molecule has 1 nitrogen and oxygen atoms in total. The van der Waals surface area contributed by atoms with Crippen molar-refractivity contribution in [1.29, 1.82) is 0 Å². The second-order valence-corrected chi connectivity index (χ2v) is 4.78. The van der Waals surface area contributed by atoms with Gasteiger partial charge in [-0.05, 0) is 48.2 Å². The molecule has 0 unspecified atom stereocenters. The van der Waals surface area contributed by atoms with Gasteiger partial charge in [0, 0.05) is 11.8 Å². The third-order valence-electron chi connectivity index (χ3n) is 3.00. The van der Waals surface area contributed by atoms with Crippen molar-refractivity contribution in [3.63, 3.8) is 0 Å². The van der Waals surface area contributed by atoms with E-state index in [4.69, 9.17) is 28.3 Å². The largest absolute Gasteiger partial charge is 0.508 e. The van der Waals surface area contributed by atoms with Gasteiger partial charge >= 0.3 is 0 Å². The zero-order chi connectivity index (χ0) is 14.3. The highest BCUT2D eigenvalue weighted by Gasteiger charge is 2.05. The predicted octanol–water partition coefficient (Wildman–Crippen LogP) is 5.17. The third kappa shape index (κ3) is 4.77. The number of hydrogen-bond acceptors (Lipinski definition) is 1. The summed E-state index contributed by atoms with van der Waals surface area (Å²) in [5.41, 5.74) is 4.88. The highest BCUT2D eigenvalue weighted by atomic mass is 35.5. The molecule has 2 aromatic rings. The molecule has 0 aromatic heterocycles. The number of phenolic OH excluding ortho intramolecular Hbond substituents is 1. The fourth-order valence-corrected chi connectivity index (χ4v) is 2.29. The van der Waals surface area contributed by atoms with Crippen molar-refractivity contribution < 1.29 is 5.11 Å². The van der Waals surface area contributed by atoms with Gasteiger partial charge in [-0.1, -0.05) is 30.3 Å². The maximum atomic E-state index is 8.63. The minimum atomic E-state index is 0.322. The normalized spacial score (nSPS) is 9.68. The van der Waals surface area contributed by atoms with E-state index in [1.807, 2.05) is 12.1 Å². The van der Waals surface area contributed by atoms with Crippen molar-refractivity contribution in [3.05, 3.63) is 64.7 Å². The average Bonchev–Trinajstić information content (AvgIpc) is 2.43. The number of hydrogen-bond donors (Lipinski definition) is 1. The van der Waals surface area contributed by atoms with Crippen LogP contribution in [0.15, 0.2) is 42.5 Å². The first-order chi connectivity index (χ1) is 9.10. The van der Waals surface area contributed by atoms with Crippen molar-refractivity contribution in [3.8, 4) is 5.75 Å². The number of alkyl halides is 2. The van der Waals surface area contributed by atoms with E-state index in [1.54, 1.807) is 24.3 Å². The molecule has 0 saturated carbocycles. The molecule has 19 heavy (non-hydrogen) atoms. The lowest BCUT2D eigenvalue weighted by Crippen LogP contribution is -1.94. The summed E-state index contributed by atoms with van der Waals surface area (Å²) in [5, 5.41) is 8.63. The van der Waals surface area contributed by atoms with Crippen LogP contribution in [0.4, 0.5) is 0 Å². The summed E-state index contributed by atoms with van der Waals surface area (Å²) < 4.78 is 0. The Labute approximate surface area is 124 Å². The van der Waals surface area contributed by atoms with E-state index < -0.39 is 0 Å². The van der Waals surface area contributed by atoms with Crippen molar-refractivity contribution in [2.24, 2.45) is 0 Å². The van der Waals surface area contributed by atoms with Crippen LogP contribution >= 0.6 is 23.2 Å². The third-order valence-corrected chi connectivity index (χ3v) is 3.56. The molecule has 0 aliphatic carbocycles. The molecule has 0 aliphatic rings. The molecular formula is C16H18Cl2O. The van der Waals surface area contributed by atoms with Crippen LogP contribution in [-0.2, 0) is 11.8 Å². The number of benzene rings is 2. The van der Waals surface area contributed by atoms with Gasteiger partial charge in [0.25, 0.3) is 0 Å². The van der Waals surface area contributed by atoms with E-state index in [1.165, 1.54) is 16.7 Å². The van der Waals surface area contributed by atoms with Crippen molar-refractivity contribution in [2.75, 3.05) is 0 Å². The molecule has 0 aliphatic heterocycles.